The molecule has 0 radical (unpaired) electrons. The first-order valence-electron chi connectivity index (χ1n) is 7.14. The lowest BCUT2D eigenvalue weighted by Gasteiger charge is -2.06. The maximum atomic E-state index is 12.5. The second kappa shape index (κ2) is 6.86. The Morgan fingerprint density at radius 3 is 2.65 bits per heavy atom. The summed E-state index contributed by atoms with van der Waals surface area (Å²) in [6, 6.07) is 5.23. The SMILES string of the molecule is CCS(=O)(=O)c1cc(Br)cnc1-c1nc2cc(SC(F)(F)F)ccc2o1. The molecule has 3 aromatic rings. The van der Waals surface area contributed by atoms with Crippen LogP contribution in [-0.2, 0) is 9.84 Å². The van der Waals surface area contributed by atoms with Crippen molar-refractivity contribution in [2.24, 2.45) is 0 Å². The summed E-state index contributed by atoms with van der Waals surface area (Å²) < 4.78 is 68.1. The number of hydrogen-bond donors (Lipinski definition) is 0. The predicted octanol–water partition coefficient (Wildman–Crippen LogP) is 5.06. The summed E-state index contributed by atoms with van der Waals surface area (Å²) in [7, 11) is -3.61. The van der Waals surface area contributed by atoms with Gasteiger partial charge in [0.15, 0.2) is 15.4 Å². The third kappa shape index (κ3) is 4.04. The summed E-state index contributed by atoms with van der Waals surface area (Å²) in [5.74, 6) is -0.223. The fourth-order valence-electron chi connectivity index (χ4n) is 2.18. The number of rotatable bonds is 4. The van der Waals surface area contributed by atoms with Crippen LogP contribution < -0.4 is 0 Å². The molecule has 0 bridgehead atoms. The Balaban J connectivity index is 2.12. The van der Waals surface area contributed by atoms with Crippen molar-refractivity contribution in [3.8, 4) is 11.6 Å². The van der Waals surface area contributed by atoms with Gasteiger partial charge in [0.2, 0.25) is 5.89 Å². The van der Waals surface area contributed by atoms with Gasteiger partial charge in [0.1, 0.15) is 11.2 Å². The lowest BCUT2D eigenvalue weighted by molar-refractivity contribution is -0.0328. The van der Waals surface area contributed by atoms with Gasteiger partial charge in [0.25, 0.3) is 0 Å². The van der Waals surface area contributed by atoms with Gasteiger partial charge < -0.3 is 4.42 Å². The predicted molar refractivity (Wildman–Crippen MR) is 94.6 cm³/mol. The molecule has 1 aromatic carbocycles. The van der Waals surface area contributed by atoms with Crippen molar-refractivity contribution in [2.45, 2.75) is 22.2 Å². The van der Waals surface area contributed by atoms with E-state index in [1.165, 1.54) is 37.4 Å². The van der Waals surface area contributed by atoms with Crippen molar-refractivity contribution in [2.75, 3.05) is 5.75 Å². The largest absolute Gasteiger partial charge is 0.446 e. The minimum absolute atomic E-state index is 0.0104. The molecular formula is C15H10BrF3N2O3S2. The summed E-state index contributed by atoms with van der Waals surface area (Å²) in [6.07, 6.45) is 1.39. The summed E-state index contributed by atoms with van der Waals surface area (Å²) in [4.78, 5) is 8.08. The van der Waals surface area contributed by atoms with E-state index in [2.05, 4.69) is 25.9 Å². The number of aromatic nitrogens is 2. The summed E-state index contributed by atoms with van der Waals surface area (Å²) in [5, 5.41) is 0. The number of thioether (sulfide) groups is 1. The molecule has 0 amide bonds. The molecule has 0 aliphatic carbocycles. The monoisotopic (exact) mass is 466 g/mol. The minimum atomic E-state index is -4.42. The van der Waals surface area contributed by atoms with Crippen LogP contribution in [0.15, 0.2) is 49.1 Å². The number of oxazole rings is 1. The molecule has 0 spiro atoms. The van der Waals surface area contributed by atoms with E-state index in [1.54, 1.807) is 0 Å². The second-order valence-electron chi connectivity index (χ2n) is 5.10. The normalized spacial score (nSPS) is 12.7. The van der Waals surface area contributed by atoms with Gasteiger partial charge in [-0.2, -0.15) is 13.2 Å². The Labute approximate surface area is 159 Å². The van der Waals surface area contributed by atoms with Gasteiger partial charge in [-0.3, -0.25) is 0 Å². The Hall–Kier alpha value is -1.59. The molecule has 0 aliphatic rings. The third-order valence-electron chi connectivity index (χ3n) is 3.33. The Morgan fingerprint density at radius 2 is 2.00 bits per heavy atom. The summed E-state index contributed by atoms with van der Waals surface area (Å²) in [6.45, 7) is 1.49. The highest BCUT2D eigenvalue weighted by Crippen LogP contribution is 2.38. The number of hydrogen-bond acceptors (Lipinski definition) is 6. The highest BCUT2D eigenvalue weighted by molar-refractivity contribution is 9.10. The van der Waals surface area contributed by atoms with Crippen LogP contribution in [0.2, 0.25) is 0 Å². The second-order valence-corrected chi connectivity index (χ2v) is 9.40. The molecule has 2 aromatic heterocycles. The first-order valence-corrected chi connectivity index (χ1v) is 10.4. The molecule has 0 unspecified atom stereocenters. The van der Waals surface area contributed by atoms with Gasteiger partial charge in [0, 0.05) is 15.6 Å². The van der Waals surface area contributed by atoms with E-state index in [0.717, 1.165) is 0 Å². The number of alkyl halides is 3. The van der Waals surface area contributed by atoms with Crippen molar-refractivity contribution >= 4 is 48.6 Å². The number of sulfone groups is 1. The minimum Gasteiger partial charge on any atom is -0.435 e. The maximum Gasteiger partial charge on any atom is 0.446 e. The number of nitrogens with zero attached hydrogens (tertiary/aromatic N) is 2. The summed E-state index contributed by atoms with van der Waals surface area (Å²) in [5.41, 5.74) is -4.00. The van der Waals surface area contributed by atoms with Crippen LogP contribution in [0.1, 0.15) is 6.92 Å². The topological polar surface area (TPSA) is 73.1 Å². The van der Waals surface area contributed by atoms with E-state index >= 15 is 0 Å². The molecular weight excluding hydrogens is 457 g/mol. The van der Waals surface area contributed by atoms with Crippen LogP contribution in [-0.4, -0.2) is 29.6 Å². The van der Waals surface area contributed by atoms with E-state index in [-0.39, 0.29) is 50.0 Å². The number of benzene rings is 1. The van der Waals surface area contributed by atoms with Crippen LogP contribution in [0.5, 0.6) is 0 Å². The van der Waals surface area contributed by atoms with Crippen molar-refractivity contribution in [3.63, 3.8) is 0 Å². The van der Waals surface area contributed by atoms with Crippen molar-refractivity contribution in [3.05, 3.63) is 34.9 Å². The van der Waals surface area contributed by atoms with Crippen LogP contribution >= 0.6 is 27.7 Å². The molecule has 11 heteroatoms. The molecule has 0 N–H and O–H groups in total. The van der Waals surface area contributed by atoms with Gasteiger partial charge in [0.05, 0.1) is 10.6 Å². The average Bonchev–Trinajstić information content (AvgIpc) is 2.96. The fraction of sp³-hybridized carbons (Fsp3) is 0.200. The first-order chi connectivity index (χ1) is 12.1. The zero-order valence-electron chi connectivity index (χ0n) is 13.0. The van der Waals surface area contributed by atoms with Crippen LogP contribution in [0.25, 0.3) is 22.7 Å². The van der Waals surface area contributed by atoms with Crippen molar-refractivity contribution in [1.29, 1.82) is 0 Å². The molecule has 2 heterocycles. The van der Waals surface area contributed by atoms with E-state index in [0.29, 0.717) is 4.47 Å². The van der Waals surface area contributed by atoms with Gasteiger partial charge >= 0.3 is 5.51 Å². The molecule has 138 valence electrons. The van der Waals surface area contributed by atoms with Gasteiger partial charge in [-0.15, -0.1) is 0 Å². The van der Waals surface area contributed by atoms with E-state index in [9.17, 15) is 21.6 Å². The lowest BCUT2D eigenvalue weighted by atomic mass is 10.3. The fourth-order valence-corrected chi connectivity index (χ4v) is 4.29. The number of fused-ring (bicyclic) bond motifs is 1. The maximum absolute atomic E-state index is 12.5. The van der Waals surface area contributed by atoms with Crippen LogP contribution in [0.3, 0.4) is 0 Å². The van der Waals surface area contributed by atoms with Crippen molar-refractivity contribution < 1.29 is 26.0 Å². The Kier molecular flexibility index (Phi) is 5.06. The van der Waals surface area contributed by atoms with E-state index in [1.807, 2.05) is 0 Å². The van der Waals surface area contributed by atoms with Crippen molar-refractivity contribution in [1.82, 2.24) is 9.97 Å². The molecule has 0 saturated heterocycles. The first kappa shape index (κ1) is 19.2. The summed E-state index contributed by atoms with van der Waals surface area (Å²) >= 11 is 2.91. The smallest absolute Gasteiger partial charge is 0.435 e. The van der Waals surface area contributed by atoms with Gasteiger partial charge in [-0.1, -0.05) is 6.92 Å². The molecule has 3 rings (SSSR count). The van der Waals surface area contributed by atoms with Gasteiger partial charge in [-0.05, 0) is 52.0 Å². The Bertz CT molecular complexity index is 1080. The molecule has 0 aliphatic heterocycles. The van der Waals surface area contributed by atoms with E-state index < -0.39 is 15.3 Å². The molecule has 5 nitrogen and oxygen atoms in total. The molecule has 26 heavy (non-hydrogen) atoms. The Morgan fingerprint density at radius 1 is 1.27 bits per heavy atom. The highest BCUT2D eigenvalue weighted by atomic mass is 79.9. The third-order valence-corrected chi connectivity index (χ3v) is 6.23. The molecule has 0 atom stereocenters. The quantitative estimate of drug-likeness (QED) is 0.500. The zero-order chi connectivity index (χ0) is 19.1. The average molecular weight is 467 g/mol. The lowest BCUT2D eigenvalue weighted by Crippen LogP contribution is -2.07. The zero-order valence-corrected chi connectivity index (χ0v) is 16.3. The van der Waals surface area contributed by atoms with Crippen LogP contribution in [0.4, 0.5) is 13.2 Å². The molecule has 0 fully saturated rings. The van der Waals surface area contributed by atoms with Gasteiger partial charge in [-0.25, -0.2) is 18.4 Å². The highest BCUT2D eigenvalue weighted by Gasteiger charge is 2.29. The number of halogens is 4. The van der Waals surface area contributed by atoms with E-state index in [4.69, 9.17) is 4.42 Å². The number of pyridine rings is 1. The molecule has 0 saturated carbocycles. The van der Waals surface area contributed by atoms with Crippen LogP contribution in [0, 0.1) is 0 Å². The standard InChI is InChI=1S/C15H10BrF3N2O3S2/c1-2-26(22,23)12-5-8(16)7-20-13(12)14-21-10-6-9(25-15(17,18)19)3-4-11(10)24-14/h3-7H,2H2,1H3.